The van der Waals surface area contributed by atoms with Crippen LogP contribution in [0.5, 0.6) is 0 Å². The average Bonchev–Trinajstić information content (AvgIpc) is 2.68. The monoisotopic (exact) mass is 174 g/mol. The molecule has 1 aliphatic rings. The van der Waals surface area contributed by atoms with Crippen LogP contribution in [0.4, 0.5) is 4.39 Å². The van der Waals surface area contributed by atoms with Crippen LogP contribution in [0.3, 0.4) is 0 Å². The molecule has 0 nitrogen and oxygen atoms in total. The summed E-state index contributed by atoms with van der Waals surface area (Å²) in [5.74, 6) is 0.411. The van der Waals surface area contributed by atoms with E-state index in [0.717, 1.165) is 12.0 Å². The molecule has 0 unspecified atom stereocenters. The van der Waals surface area contributed by atoms with Crippen LogP contribution in [0.15, 0.2) is 24.3 Å². The standard InChI is InChI=1S/C9H8F.K/c10-9-3-1-2-8(6-9)7-4-5-7;/h1-4,6-7H,5H2;/q-1;+1/t7-;/m1./s1. The molecule has 52 valence electrons. The van der Waals surface area contributed by atoms with Gasteiger partial charge in [0.1, 0.15) is 5.82 Å². The maximum atomic E-state index is 12.5. The fourth-order valence-corrected chi connectivity index (χ4v) is 1.08. The second-order valence-electron chi connectivity index (χ2n) is 2.63. The molecular weight excluding hydrogens is 166 g/mol. The van der Waals surface area contributed by atoms with Crippen LogP contribution in [0.2, 0.25) is 0 Å². The third-order valence-electron chi connectivity index (χ3n) is 1.75. The molecule has 0 saturated heterocycles. The zero-order chi connectivity index (χ0) is 6.97. The van der Waals surface area contributed by atoms with Crippen LogP contribution in [-0.4, -0.2) is 0 Å². The Hall–Kier alpha value is 0.786. The van der Waals surface area contributed by atoms with Gasteiger partial charge in [-0.25, -0.2) is 4.39 Å². The van der Waals surface area contributed by atoms with E-state index in [1.807, 2.05) is 6.07 Å². The minimum absolute atomic E-state index is 0. The molecule has 0 aliphatic heterocycles. The van der Waals surface area contributed by atoms with Crippen LogP contribution in [-0.2, 0) is 0 Å². The first-order chi connectivity index (χ1) is 4.86. The Morgan fingerprint density at radius 2 is 2.18 bits per heavy atom. The van der Waals surface area contributed by atoms with Gasteiger partial charge < -0.3 is 6.42 Å². The number of benzene rings is 1. The molecule has 0 radical (unpaired) electrons. The number of hydrogen-bond donors (Lipinski definition) is 0. The minimum atomic E-state index is -0.127. The first-order valence-corrected chi connectivity index (χ1v) is 3.45. The van der Waals surface area contributed by atoms with Gasteiger partial charge >= 0.3 is 51.4 Å². The van der Waals surface area contributed by atoms with Crippen molar-refractivity contribution in [2.45, 2.75) is 12.3 Å². The minimum Gasteiger partial charge on any atom is -0.325 e. The van der Waals surface area contributed by atoms with Crippen molar-refractivity contribution >= 4 is 0 Å². The van der Waals surface area contributed by atoms with E-state index in [2.05, 4.69) is 6.42 Å². The topological polar surface area (TPSA) is 0 Å². The molecule has 0 N–H and O–H groups in total. The Balaban J connectivity index is 0.000000605. The summed E-state index contributed by atoms with van der Waals surface area (Å²) in [5, 5.41) is 0. The van der Waals surface area contributed by atoms with E-state index >= 15 is 0 Å². The fourth-order valence-electron chi connectivity index (χ4n) is 1.08. The molecule has 2 heteroatoms. The number of halogens is 1. The summed E-state index contributed by atoms with van der Waals surface area (Å²) in [5.41, 5.74) is 1.11. The molecular formula is C9H8FK. The van der Waals surface area contributed by atoms with E-state index < -0.39 is 0 Å². The smallest absolute Gasteiger partial charge is 0.325 e. The predicted molar refractivity (Wildman–Crippen MR) is 38.1 cm³/mol. The Kier molecular flexibility index (Phi) is 3.72. The van der Waals surface area contributed by atoms with Crippen LogP contribution < -0.4 is 51.4 Å². The van der Waals surface area contributed by atoms with Crippen LogP contribution in [0, 0.1) is 12.2 Å². The van der Waals surface area contributed by atoms with E-state index in [9.17, 15) is 4.39 Å². The van der Waals surface area contributed by atoms with Gasteiger partial charge in [0.2, 0.25) is 0 Å². The van der Waals surface area contributed by atoms with Gasteiger partial charge in [-0.15, -0.1) is 0 Å². The van der Waals surface area contributed by atoms with Gasteiger partial charge in [0, 0.05) is 0 Å². The van der Waals surface area contributed by atoms with Gasteiger partial charge in [0.15, 0.2) is 0 Å². The summed E-state index contributed by atoms with van der Waals surface area (Å²) in [7, 11) is 0. The third kappa shape index (κ3) is 2.63. The van der Waals surface area contributed by atoms with Gasteiger partial charge in [0.25, 0.3) is 0 Å². The van der Waals surface area contributed by atoms with E-state index in [1.165, 1.54) is 6.07 Å². The zero-order valence-corrected chi connectivity index (χ0v) is 9.67. The Bertz CT molecular complexity index is 243. The summed E-state index contributed by atoms with van der Waals surface area (Å²) >= 11 is 0. The van der Waals surface area contributed by atoms with Crippen molar-refractivity contribution in [1.29, 1.82) is 0 Å². The Labute approximate surface area is 109 Å². The van der Waals surface area contributed by atoms with Crippen molar-refractivity contribution in [3.63, 3.8) is 0 Å². The maximum absolute atomic E-state index is 12.5. The van der Waals surface area contributed by atoms with E-state index in [-0.39, 0.29) is 57.2 Å². The Morgan fingerprint density at radius 3 is 2.73 bits per heavy atom. The van der Waals surface area contributed by atoms with Gasteiger partial charge in [-0.3, -0.25) is 0 Å². The average molecular weight is 174 g/mol. The Morgan fingerprint density at radius 1 is 1.45 bits per heavy atom. The molecule has 0 aromatic heterocycles. The molecule has 0 bridgehead atoms. The van der Waals surface area contributed by atoms with Crippen LogP contribution in [0.25, 0.3) is 0 Å². The summed E-state index contributed by atoms with van der Waals surface area (Å²) in [6, 6.07) is 6.81. The van der Waals surface area contributed by atoms with Crippen molar-refractivity contribution in [2.75, 3.05) is 0 Å². The molecule has 11 heavy (non-hydrogen) atoms. The summed E-state index contributed by atoms with van der Waals surface area (Å²) in [6.07, 6.45) is 3.29. The zero-order valence-electron chi connectivity index (χ0n) is 6.55. The van der Waals surface area contributed by atoms with Crippen molar-refractivity contribution in [3.8, 4) is 0 Å². The normalized spacial score (nSPS) is 20.6. The molecule has 1 fully saturated rings. The van der Waals surface area contributed by atoms with Crippen molar-refractivity contribution in [3.05, 3.63) is 42.1 Å². The van der Waals surface area contributed by atoms with Gasteiger partial charge in [0.05, 0.1) is 0 Å². The second-order valence-corrected chi connectivity index (χ2v) is 2.63. The van der Waals surface area contributed by atoms with Crippen LogP contribution in [0.1, 0.15) is 17.9 Å². The second kappa shape index (κ2) is 4.15. The van der Waals surface area contributed by atoms with Crippen molar-refractivity contribution < 1.29 is 55.8 Å². The first kappa shape index (κ1) is 9.87. The van der Waals surface area contributed by atoms with E-state index in [1.54, 1.807) is 12.1 Å². The summed E-state index contributed by atoms with van der Waals surface area (Å²) < 4.78 is 12.5. The molecule has 1 atom stereocenters. The van der Waals surface area contributed by atoms with Crippen molar-refractivity contribution in [2.24, 2.45) is 0 Å². The molecule has 1 saturated carbocycles. The van der Waals surface area contributed by atoms with Crippen LogP contribution >= 0.6 is 0 Å². The fraction of sp³-hybridized carbons (Fsp3) is 0.222. The number of rotatable bonds is 1. The number of hydrogen-bond acceptors (Lipinski definition) is 0. The largest absolute Gasteiger partial charge is 1.00 e. The molecule has 0 amide bonds. The maximum Gasteiger partial charge on any atom is 1.00 e. The molecule has 1 aromatic carbocycles. The summed E-state index contributed by atoms with van der Waals surface area (Å²) in [6.45, 7) is 0. The van der Waals surface area contributed by atoms with Crippen molar-refractivity contribution in [1.82, 2.24) is 0 Å². The molecule has 0 spiro atoms. The predicted octanol–water partition coefficient (Wildman–Crippen LogP) is -0.479. The summed E-state index contributed by atoms with van der Waals surface area (Å²) in [4.78, 5) is 0. The third-order valence-corrected chi connectivity index (χ3v) is 1.75. The van der Waals surface area contributed by atoms with Gasteiger partial charge in [-0.2, -0.15) is 12.3 Å². The van der Waals surface area contributed by atoms with Gasteiger partial charge in [-0.1, -0.05) is 17.7 Å². The first-order valence-electron chi connectivity index (χ1n) is 3.45. The molecule has 0 heterocycles. The van der Waals surface area contributed by atoms with E-state index in [4.69, 9.17) is 0 Å². The quantitative estimate of drug-likeness (QED) is 0.398. The molecule has 1 aliphatic carbocycles. The molecule has 2 rings (SSSR count). The van der Waals surface area contributed by atoms with E-state index in [0.29, 0.717) is 5.92 Å². The molecule has 1 aromatic rings. The van der Waals surface area contributed by atoms with Gasteiger partial charge in [-0.05, 0) is 12.1 Å². The SMILES string of the molecule is Fc1cccc([C@@H]2[CH-]C2)c1.[K+].